The third kappa shape index (κ3) is 3.98. The number of hydrogen-bond donors (Lipinski definition) is 1. The molecule has 0 radical (unpaired) electrons. The van der Waals surface area contributed by atoms with Crippen molar-refractivity contribution in [2.24, 2.45) is 0 Å². The molecule has 0 amide bonds. The Morgan fingerprint density at radius 1 is 1.67 bits per heavy atom. The fraction of sp³-hybridized carbons (Fsp3) is 0.500. The van der Waals surface area contributed by atoms with Crippen molar-refractivity contribution in [3.05, 3.63) is 24.3 Å². The molecule has 0 aromatic carbocycles. The fourth-order valence-electron chi connectivity index (χ4n) is 0.687. The third-order valence-electron chi connectivity index (χ3n) is 1.24. The van der Waals surface area contributed by atoms with E-state index in [1.807, 2.05) is 12.2 Å². The van der Waals surface area contributed by atoms with Crippen molar-refractivity contribution in [3.63, 3.8) is 0 Å². The highest BCUT2D eigenvalue weighted by molar-refractivity contribution is 5.05. The summed E-state index contributed by atoms with van der Waals surface area (Å²) in [7, 11) is 0. The van der Waals surface area contributed by atoms with Crippen LogP contribution in [-0.2, 0) is 0 Å². The van der Waals surface area contributed by atoms with E-state index < -0.39 is 0 Å². The van der Waals surface area contributed by atoms with Crippen molar-refractivity contribution in [3.8, 4) is 0 Å². The summed E-state index contributed by atoms with van der Waals surface area (Å²) in [4.78, 5) is 0. The minimum absolute atomic E-state index is 0.150. The molecule has 0 bridgehead atoms. The molecule has 0 aromatic heterocycles. The van der Waals surface area contributed by atoms with E-state index in [4.69, 9.17) is 5.11 Å². The predicted octanol–water partition coefficient (Wildman–Crippen LogP) is 1.89. The molecule has 0 rings (SSSR count). The SMILES string of the molecule is C=CC/C(=C/CO)CC. The summed E-state index contributed by atoms with van der Waals surface area (Å²) in [5.41, 5.74) is 1.26. The quantitative estimate of drug-likeness (QED) is 0.570. The van der Waals surface area contributed by atoms with Crippen LogP contribution in [0.4, 0.5) is 0 Å². The maximum absolute atomic E-state index is 8.48. The molecule has 0 aliphatic rings. The Balaban J connectivity index is 3.65. The highest BCUT2D eigenvalue weighted by Gasteiger charge is 1.86. The predicted molar refractivity (Wildman–Crippen MR) is 40.3 cm³/mol. The molecule has 0 aliphatic heterocycles. The van der Waals surface area contributed by atoms with E-state index in [0.717, 1.165) is 12.8 Å². The van der Waals surface area contributed by atoms with Gasteiger partial charge in [0.1, 0.15) is 0 Å². The summed E-state index contributed by atoms with van der Waals surface area (Å²) >= 11 is 0. The second-order valence-corrected chi connectivity index (χ2v) is 1.89. The first-order valence-corrected chi connectivity index (χ1v) is 3.24. The number of rotatable bonds is 4. The monoisotopic (exact) mass is 126 g/mol. The summed E-state index contributed by atoms with van der Waals surface area (Å²) in [5, 5.41) is 8.48. The van der Waals surface area contributed by atoms with E-state index in [2.05, 4.69) is 13.5 Å². The lowest BCUT2D eigenvalue weighted by atomic mass is 10.1. The van der Waals surface area contributed by atoms with Crippen LogP contribution in [0.3, 0.4) is 0 Å². The Morgan fingerprint density at radius 2 is 2.33 bits per heavy atom. The average Bonchev–Trinajstić information content (AvgIpc) is 1.88. The van der Waals surface area contributed by atoms with Crippen molar-refractivity contribution in [2.45, 2.75) is 19.8 Å². The molecule has 52 valence electrons. The van der Waals surface area contributed by atoms with Crippen molar-refractivity contribution in [1.29, 1.82) is 0 Å². The second-order valence-electron chi connectivity index (χ2n) is 1.89. The summed E-state index contributed by atoms with van der Waals surface area (Å²) in [5.74, 6) is 0. The van der Waals surface area contributed by atoms with Gasteiger partial charge in [0.15, 0.2) is 0 Å². The van der Waals surface area contributed by atoms with Gasteiger partial charge in [-0.2, -0.15) is 0 Å². The highest BCUT2D eigenvalue weighted by Crippen LogP contribution is 2.04. The van der Waals surface area contributed by atoms with Gasteiger partial charge in [-0.3, -0.25) is 0 Å². The molecule has 0 saturated carbocycles. The topological polar surface area (TPSA) is 20.2 Å². The molecule has 0 heterocycles. The molecule has 1 N–H and O–H groups in total. The zero-order chi connectivity index (χ0) is 7.11. The zero-order valence-corrected chi connectivity index (χ0v) is 5.93. The molecule has 0 spiro atoms. The van der Waals surface area contributed by atoms with E-state index in [1.54, 1.807) is 0 Å². The van der Waals surface area contributed by atoms with E-state index >= 15 is 0 Å². The lowest BCUT2D eigenvalue weighted by molar-refractivity contribution is 0.341. The van der Waals surface area contributed by atoms with Crippen molar-refractivity contribution < 1.29 is 5.11 Å². The first-order valence-electron chi connectivity index (χ1n) is 3.24. The third-order valence-corrected chi connectivity index (χ3v) is 1.24. The van der Waals surface area contributed by atoms with Gasteiger partial charge in [0.2, 0.25) is 0 Å². The van der Waals surface area contributed by atoms with Gasteiger partial charge >= 0.3 is 0 Å². The van der Waals surface area contributed by atoms with Crippen LogP contribution in [0.2, 0.25) is 0 Å². The van der Waals surface area contributed by atoms with Crippen LogP contribution in [0.25, 0.3) is 0 Å². The van der Waals surface area contributed by atoms with E-state index in [9.17, 15) is 0 Å². The fourth-order valence-corrected chi connectivity index (χ4v) is 0.687. The molecule has 0 fully saturated rings. The van der Waals surface area contributed by atoms with Gasteiger partial charge in [-0.15, -0.1) is 6.58 Å². The maximum atomic E-state index is 8.48. The summed E-state index contributed by atoms with van der Waals surface area (Å²) in [6.07, 6.45) is 5.59. The average molecular weight is 126 g/mol. The molecular weight excluding hydrogens is 112 g/mol. The van der Waals surface area contributed by atoms with Gasteiger partial charge in [0.05, 0.1) is 6.61 Å². The van der Waals surface area contributed by atoms with E-state index in [0.29, 0.717) is 0 Å². The summed E-state index contributed by atoms with van der Waals surface area (Å²) in [6, 6.07) is 0. The minimum atomic E-state index is 0.150. The number of aliphatic hydroxyl groups excluding tert-OH is 1. The van der Waals surface area contributed by atoms with Gasteiger partial charge in [0.25, 0.3) is 0 Å². The first-order chi connectivity index (χ1) is 4.35. The molecule has 9 heavy (non-hydrogen) atoms. The largest absolute Gasteiger partial charge is 0.392 e. The van der Waals surface area contributed by atoms with Crippen LogP contribution in [0.1, 0.15) is 19.8 Å². The van der Waals surface area contributed by atoms with E-state index in [1.165, 1.54) is 5.57 Å². The normalized spacial score (nSPS) is 11.6. The molecule has 1 nitrogen and oxygen atoms in total. The summed E-state index contributed by atoms with van der Waals surface area (Å²) < 4.78 is 0. The van der Waals surface area contributed by atoms with Crippen LogP contribution < -0.4 is 0 Å². The van der Waals surface area contributed by atoms with Crippen molar-refractivity contribution in [1.82, 2.24) is 0 Å². The Kier molecular flexibility index (Phi) is 5.23. The first kappa shape index (κ1) is 8.44. The van der Waals surface area contributed by atoms with Crippen LogP contribution >= 0.6 is 0 Å². The molecule has 0 unspecified atom stereocenters. The minimum Gasteiger partial charge on any atom is -0.392 e. The Labute approximate surface area is 56.7 Å². The van der Waals surface area contributed by atoms with Crippen LogP contribution in [0, 0.1) is 0 Å². The summed E-state index contributed by atoms with van der Waals surface area (Å²) in [6.45, 7) is 5.83. The lowest BCUT2D eigenvalue weighted by Gasteiger charge is -1.96. The van der Waals surface area contributed by atoms with Crippen LogP contribution in [0.5, 0.6) is 0 Å². The highest BCUT2D eigenvalue weighted by atomic mass is 16.2. The van der Waals surface area contributed by atoms with Crippen LogP contribution in [0.15, 0.2) is 24.3 Å². The van der Waals surface area contributed by atoms with Crippen molar-refractivity contribution >= 4 is 0 Å². The van der Waals surface area contributed by atoms with Gasteiger partial charge in [-0.25, -0.2) is 0 Å². The molecule has 1 heteroatoms. The number of allylic oxidation sites excluding steroid dienone is 2. The lowest BCUT2D eigenvalue weighted by Crippen LogP contribution is -1.81. The van der Waals surface area contributed by atoms with Gasteiger partial charge in [-0.1, -0.05) is 24.6 Å². The molecule has 0 aliphatic carbocycles. The molecule has 0 saturated heterocycles. The van der Waals surface area contributed by atoms with Crippen molar-refractivity contribution in [2.75, 3.05) is 6.61 Å². The number of hydrogen-bond acceptors (Lipinski definition) is 1. The maximum Gasteiger partial charge on any atom is 0.0615 e. The smallest absolute Gasteiger partial charge is 0.0615 e. The van der Waals surface area contributed by atoms with E-state index in [-0.39, 0.29) is 6.61 Å². The Hall–Kier alpha value is -0.560. The zero-order valence-electron chi connectivity index (χ0n) is 5.93. The van der Waals surface area contributed by atoms with Crippen LogP contribution in [-0.4, -0.2) is 11.7 Å². The molecule has 0 aromatic rings. The standard InChI is InChI=1S/C8H14O/c1-3-5-8(4-2)6-7-9/h3,6,9H,1,4-5,7H2,2H3/b8-6+. The Bertz CT molecular complexity index is 103. The van der Waals surface area contributed by atoms with Gasteiger partial charge in [0, 0.05) is 0 Å². The molecular formula is C8H14O. The number of aliphatic hydroxyl groups is 1. The molecule has 0 atom stereocenters. The second kappa shape index (κ2) is 5.57. The van der Waals surface area contributed by atoms with Gasteiger partial charge < -0.3 is 5.11 Å². The Morgan fingerprint density at radius 3 is 2.67 bits per heavy atom. The van der Waals surface area contributed by atoms with Gasteiger partial charge in [-0.05, 0) is 12.8 Å².